The van der Waals surface area contributed by atoms with Crippen LogP contribution < -0.4 is 4.72 Å². The SMILES string of the molecule is CC1CCc2c(F)cccc2C1NS(C)(=O)=O. The van der Waals surface area contributed by atoms with Crippen LogP contribution in [0.15, 0.2) is 18.2 Å². The maximum absolute atomic E-state index is 13.6. The number of sulfonamides is 1. The van der Waals surface area contributed by atoms with E-state index in [1.54, 1.807) is 12.1 Å². The lowest BCUT2D eigenvalue weighted by Gasteiger charge is -2.31. The number of nitrogens with one attached hydrogen (secondary N) is 1. The van der Waals surface area contributed by atoms with Crippen LogP contribution in [0.1, 0.15) is 30.5 Å². The van der Waals surface area contributed by atoms with Gasteiger partial charge in [0.25, 0.3) is 0 Å². The molecule has 94 valence electrons. The fraction of sp³-hybridized carbons (Fsp3) is 0.500. The summed E-state index contributed by atoms with van der Waals surface area (Å²) in [6, 6.07) is 4.54. The molecule has 0 heterocycles. The van der Waals surface area contributed by atoms with Crippen LogP contribution in [-0.4, -0.2) is 14.7 Å². The van der Waals surface area contributed by atoms with Gasteiger partial charge in [-0.25, -0.2) is 17.5 Å². The predicted molar refractivity (Wildman–Crippen MR) is 64.6 cm³/mol. The van der Waals surface area contributed by atoms with Crippen molar-refractivity contribution in [2.45, 2.75) is 25.8 Å². The quantitative estimate of drug-likeness (QED) is 0.880. The summed E-state index contributed by atoms with van der Waals surface area (Å²) in [6.45, 7) is 1.98. The van der Waals surface area contributed by atoms with E-state index in [2.05, 4.69) is 4.72 Å². The van der Waals surface area contributed by atoms with Crippen molar-refractivity contribution >= 4 is 10.0 Å². The molecule has 1 aliphatic rings. The highest BCUT2D eigenvalue weighted by Crippen LogP contribution is 2.35. The Balaban J connectivity index is 2.44. The van der Waals surface area contributed by atoms with Gasteiger partial charge in [0.2, 0.25) is 10.0 Å². The van der Waals surface area contributed by atoms with Gasteiger partial charge < -0.3 is 0 Å². The first-order chi connectivity index (χ1) is 7.88. The van der Waals surface area contributed by atoms with Crippen molar-refractivity contribution in [3.8, 4) is 0 Å². The number of hydrogen-bond acceptors (Lipinski definition) is 2. The second-order valence-corrected chi connectivity index (χ2v) is 6.47. The minimum Gasteiger partial charge on any atom is -0.213 e. The van der Waals surface area contributed by atoms with Gasteiger partial charge >= 0.3 is 0 Å². The van der Waals surface area contributed by atoms with Gasteiger partial charge in [-0.1, -0.05) is 19.1 Å². The minimum absolute atomic E-state index is 0.180. The van der Waals surface area contributed by atoms with Gasteiger partial charge in [0.15, 0.2) is 0 Å². The van der Waals surface area contributed by atoms with Gasteiger partial charge in [-0.15, -0.1) is 0 Å². The fourth-order valence-electron chi connectivity index (χ4n) is 2.39. The van der Waals surface area contributed by atoms with E-state index in [9.17, 15) is 12.8 Å². The summed E-state index contributed by atoms with van der Waals surface area (Å²) in [5.41, 5.74) is 1.42. The lowest BCUT2D eigenvalue weighted by molar-refractivity contribution is 0.377. The van der Waals surface area contributed by atoms with Crippen molar-refractivity contribution in [3.63, 3.8) is 0 Å². The van der Waals surface area contributed by atoms with Crippen molar-refractivity contribution in [1.29, 1.82) is 0 Å². The summed E-state index contributed by atoms with van der Waals surface area (Å²) >= 11 is 0. The van der Waals surface area contributed by atoms with Gasteiger partial charge in [0, 0.05) is 6.04 Å². The Morgan fingerprint density at radius 2 is 2.12 bits per heavy atom. The van der Waals surface area contributed by atoms with E-state index >= 15 is 0 Å². The third-order valence-electron chi connectivity index (χ3n) is 3.25. The van der Waals surface area contributed by atoms with E-state index in [4.69, 9.17) is 0 Å². The van der Waals surface area contributed by atoms with Gasteiger partial charge in [0.05, 0.1) is 6.26 Å². The average molecular weight is 257 g/mol. The molecule has 17 heavy (non-hydrogen) atoms. The van der Waals surface area contributed by atoms with Gasteiger partial charge in [0.1, 0.15) is 5.82 Å². The molecule has 2 atom stereocenters. The number of hydrogen-bond donors (Lipinski definition) is 1. The van der Waals surface area contributed by atoms with E-state index in [-0.39, 0.29) is 17.8 Å². The van der Waals surface area contributed by atoms with Crippen LogP contribution in [0.3, 0.4) is 0 Å². The summed E-state index contributed by atoms with van der Waals surface area (Å²) in [6.07, 6.45) is 2.60. The maximum atomic E-state index is 13.6. The van der Waals surface area contributed by atoms with Gasteiger partial charge in [-0.3, -0.25) is 0 Å². The molecule has 0 saturated carbocycles. The van der Waals surface area contributed by atoms with Gasteiger partial charge in [-0.05, 0) is 36.0 Å². The molecule has 0 aromatic heterocycles. The Morgan fingerprint density at radius 3 is 2.76 bits per heavy atom. The molecule has 0 amide bonds. The monoisotopic (exact) mass is 257 g/mol. The molecule has 3 nitrogen and oxygen atoms in total. The van der Waals surface area contributed by atoms with Crippen LogP contribution in [0.2, 0.25) is 0 Å². The number of fused-ring (bicyclic) bond motifs is 1. The molecule has 0 saturated heterocycles. The highest BCUT2D eigenvalue weighted by atomic mass is 32.2. The lowest BCUT2D eigenvalue weighted by atomic mass is 9.81. The average Bonchev–Trinajstić information content (AvgIpc) is 2.21. The Bertz CT molecular complexity index is 527. The summed E-state index contributed by atoms with van der Waals surface area (Å²) in [5.74, 6) is -0.0614. The van der Waals surface area contributed by atoms with E-state index in [0.29, 0.717) is 12.0 Å². The summed E-state index contributed by atoms with van der Waals surface area (Å²) < 4.78 is 38.9. The molecular weight excluding hydrogens is 241 g/mol. The first-order valence-corrected chi connectivity index (χ1v) is 7.52. The molecule has 0 spiro atoms. The minimum atomic E-state index is -3.28. The second kappa shape index (κ2) is 4.38. The van der Waals surface area contributed by atoms with E-state index < -0.39 is 10.0 Å². The highest BCUT2D eigenvalue weighted by molar-refractivity contribution is 7.88. The maximum Gasteiger partial charge on any atom is 0.209 e. The Hall–Kier alpha value is -0.940. The van der Waals surface area contributed by atoms with Crippen molar-refractivity contribution in [2.24, 2.45) is 5.92 Å². The molecule has 1 aromatic carbocycles. The van der Waals surface area contributed by atoms with Crippen LogP contribution in [0.25, 0.3) is 0 Å². The molecule has 1 N–H and O–H groups in total. The summed E-state index contributed by atoms with van der Waals surface area (Å²) in [4.78, 5) is 0. The zero-order valence-electron chi connectivity index (χ0n) is 9.90. The molecular formula is C12H16FNO2S. The third-order valence-corrected chi connectivity index (χ3v) is 3.93. The molecule has 1 aromatic rings. The Morgan fingerprint density at radius 1 is 1.41 bits per heavy atom. The molecule has 0 aliphatic heterocycles. The van der Waals surface area contributed by atoms with Crippen LogP contribution in [-0.2, 0) is 16.4 Å². The zero-order valence-corrected chi connectivity index (χ0v) is 10.7. The molecule has 1 aliphatic carbocycles. The Labute approximate surface area is 101 Å². The fourth-order valence-corrected chi connectivity index (χ4v) is 3.21. The number of halogens is 1. The van der Waals surface area contributed by atoms with E-state index in [1.807, 2.05) is 6.92 Å². The van der Waals surface area contributed by atoms with Crippen molar-refractivity contribution < 1.29 is 12.8 Å². The number of benzene rings is 1. The highest BCUT2D eigenvalue weighted by Gasteiger charge is 2.29. The van der Waals surface area contributed by atoms with Crippen molar-refractivity contribution in [2.75, 3.05) is 6.26 Å². The topological polar surface area (TPSA) is 46.2 Å². The molecule has 5 heteroatoms. The Kier molecular flexibility index (Phi) is 3.23. The smallest absolute Gasteiger partial charge is 0.209 e. The first-order valence-electron chi connectivity index (χ1n) is 5.63. The third kappa shape index (κ3) is 2.66. The lowest BCUT2D eigenvalue weighted by Crippen LogP contribution is -2.35. The zero-order chi connectivity index (χ0) is 12.6. The van der Waals surface area contributed by atoms with E-state index in [1.165, 1.54) is 6.07 Å². The molecule has 2 unspecified atom stereocenters. The summed E-state index contributed by atoms with van der Waals surface area (Å²) in [5, 5.41) is 0. The van der Waals surface area contributed by atoms with E-state index in [0.717, 1.165) is 18.2 Å². The van der Waals surface area contributed by atoms with Gasteiger partial charge in [-0.2, -0.15) is 0 Å². The molecule has 0 radical (unpaired) electrons. The first kappa shape index (κ1) is 12.5. The molecule has 0 fully saturated rings. The largest absolute Gasteiger partial charge is 0.213 e. The molecule has 2 rings (SSSR count). The van der Waals surface area contributed by atoms with Crippen molar-refractivity contribution in [3.05, 3.63) is 35.1 Å². The van der Waals surface area contributed by atoms with Crippen LogP contribution in [0, 0.1) is 11.7 Å². The standard InChI is InChI=1S/C12H16FNO2S/c1-8-6-7-9-10(4-3-5-11(9)13)12(8)14-17(2,15)16/h3-5,8,12,14H,6-7H2,1-2H3. The van der Waals surface area contributed by atoms with Crippen LogP contribution >= 0.6 is 0 Å². The van der Waals surface area contributed by atoms with Crippen molar-refractivity contribution in [1.82, 2.24) is 4.72 Å². The van der Waals surface area contributed by atoms with Crippen LogP contribution in [0.4, 0.5) is 4.39 Å². The normalized spacial score (nSPS) is 24.4. The number of rotatable bonds is 2. The summed E-state index contributed by atoms with van der Waals surface area (Å²) in [7, 11) is -3.28. The predicted octanol–water partition coefficient (Wildman–Crippen LogP) is 2.00. The second-order valence-electron chi connectivity index (χ2n) is 4.69. The molecule has 0 bridgehead atoms. The van der Waals surface area contributed by atoms with Crippen LogP contribution in [0.5, 0.6) is 0 Å².